The molecular weight excluding hydrogens is 1900 g/mol. The summed E-state index contributed by atoms with van der Waals surface area (Å²) in [5.74, 6) is -3.73. The number of halogens is 12. The molecule has 4 saturated carbocycles. The minimum absolute atomic E-state index is 0. The molecule has 17 nitrogen and oxygen atoms in total. The van der Waals surface area contributed by atoms with Crippen LogP contribution < -0.4 is 43.4 Å². The molecule has 29 heteroatoms. The van der Waals surface area contributed by atoms with Crippen molar-refractivity contribution in [3.8, 4) is 0 Å². The van der Waals surface area contributed by atoms with E-state index < -0.39 is 106 Å². The van der Waals surface area contributed by atoms with Crippen molar-refractivity contribution >= 4 is 67.7 Å². The molecule has 784 valence electrons. The summed E-state index contributed by atoms with van der Waals surface area (Å²) in [6.07, 6.45) is 18.8. The second-order valence-corrected chi connectivity index (χ2v) is 41.9. The van der Waals surface area contributed by atoms with Gasteiger partial charge in [0.05, 0.1) is 43.0 Å². The predicted molar refractivity (Wildman–Crippen MR) is 558 cm³/mol. The van der Waals surface area contributed by atoms with Crippen LogP contribution in [0.2, 0.25) is 0 Å². The maximum atomic E-state index is 13.9. The molecular formula is C112H158Cl4F8N8O9. The van der Waals surface area contributed by atoms with Crippen molar-refractivity contribution in [2.75, 3.05) is 26.2 Å². The van der Waals surface area contributed by atoms with Gasteiger partial charge in [0, 0.05) is 79.0 Å². The molecule has 0 unspecified atom stereocenters. The Labute approximate surface area is 857 Å². The summed E-state index contributed by atoms with van der Waals surface area (Å²) in [5, 5.41) is 52.1. The normalized spacial score (nSPS) is 17.7. The lowest BCUT2D eigenvalue weighted by Crippen LogP contribution is -2.53. The van der Waals surface area contributed by atoms with Crippen LogP contribution in [0, 0.1) is 46.5 Å². The van der Waals surface area contributed by atoms with Gasteiger partial charge in [0.1, 0.15) is 63.8 Å². The van der Waals surface area contributed by atoms with E-state index in [-0.39, 0.29) is 129 Å². The number of carbonyl (C=O) groups is 3. The third-order valence-corrected chi connectivity index (χ3v) is 26.8. The number of nitrogens with one attached hydrogen (secondary N) is 6. The highest BCUT2D eigenvalue weighted by molar-refractivity contribution is 5.86. The number of benzene rings is 8. The van der Waals surface area contributed by atoms with Gasteiger partial charge in [-0.1, -0.05) is 230 Å². The van der Waals surface area contributed by atoms with Gasteiger partial charge in [-0.15, -0.1) is 49.6 Å². The molecule has 4 aliphatic carbocycles. The Morgan fingerprint density at radius 2 is 0.638 bits per heavy atom. The Balaban J connectivity index is 0.000000316. The number of hydrogen-bond acceptors (Lipinski definition) is 14. The van der Waals surface area contributed by atoms with Crippen LogP contribution in [-0.2, 0) is 66.8 Å². The van der Waals surface area contributed by atoms with E-state index in [0.717, 1.165) is 114 Å². The number of aliphatic hydroxyl groups excluding tert-OH is 3. The van der Waals surface area contributed by atoms with Gasteiger partial charge in [-0.3, -0.25) is 4.79 Å². The quantitative estimate of drug-likeness (QED) is 0.0138. The van der Waals surface area contributed by atoms with Crippen molar-refractivity contribution in [3.63, 3.8) is 0 Å². The van der Waals surface area contributed by atoms with E-state index in [1.807, 2.05) is 0 Å². The fourth-order valence-electron chi connectivity index (χ4n) is 19.2. The van der Waals surface area contributed by atoms with Gasteiger partial charge in [0.2, 0.25) is 5.91 Å². The molecule has 0 bridgehead atoms. The molecule has 1 aliphatic heterocycles. The molecule has 8 aromatic rings. The number of alkyl carbamates (subject to hydrolysis) is 2. The molecule has 0 radical (unpaired) electrons. The molecule has 13 N–H and O–H groups in total. The lowest BCUT2D eigenvalue weighted by molar-refractivity contribution is -0.120. The van der Waals surface area contributed by atoms with Crippen molar-refractivity contribution in [1.29, 1.82) is 0 Å². The number of nitrogens with two attached hydrogens (primary N) is 2. The van der Waals surface area contributed by atoms with Crippen LogP contribution in [0.3, 0.4) is 0 Å². The molecule has 0 aromatic heterocycles. The lowest BCUT2D eigenvalue weighted by Gasteiger charge is -2.40. The van der Waals surface area contributed by atoms with Gasteiger partial charge in [-0.25, -0.2) is 44.7 Å². The van der Waals surface area contributed by atoms with Gasteiger partial charge in [0.25, 0.3) is 0 Å². The van der Waals surface area contributed by atoms with Crippen molar-refractivity contribution in [2.45, 2.75) is 364 Å². The van der Waals surface area contributed by atoms with Crippen LogP contribution in [0.1, 0.15) is 323 Å². The largest absolute Gasteiger partial charge is 0.444 e. The van der Waals surface area contributed by atoms with Crippen molar-refractivity contribution in [3.05, 3.63) is 283 Å². The highest BCUT2D eigenvalue weighted by Gasteiger charge is 2.41. The van der Waals surface area contributed by atoms with E-state index in [9.17, 15) is 64.8 Å². The second kappa shape index (κ2) is 57.8. The van der Waals surface area contributed by atoms with E-state index >= 15 is 0 Å². The zero-order chi connectivity index (χ0) is 100. The minimum atomic E-state index is -1.02. The maximum Gasteiger partial charge on any atom is 0.407 e. The second-order valence-electron chi connectivity index (χ2n) is 41.9. The summed E-state index contributed by atoms with van der Waals surface area (Å²) in [6.45, 7) is 30.8. The first-order chi connectivity index (χ1) is 64.7. The number of amides is 3. The number of ether oxygens (including phenoxy) is 3. The summed E-state index contributed by atoms with van der Waals surface area (Å²) in [6, 6.07) is 45.6. The number of hydrogen-bond donors (Lipinski definition) is 11. The third kappa shape index (κ3) is 40.4. The van der Waals surface area contributed by atoms with E-state index in [1.165, 1.54) is 138 Å². The summed E-state index contributed by atoms with van der Waals surface area (Å²) >= 11 is 0. The Hall–Kier alpha value is -7.99. The monoisotopic (exact) mass is 2050 g/mol. The first kappa shape index (κ1) is 123. The third-order valence-electron chi connectivity index (χ3n) is 26.8. The van der Waals surface area contributed by atoms with E-state index in [4.69, 9.17) is 25.7 Å². The average Bonchev–Trinajstić information content (AvgIpc) is 1.26. The smallest absolute Gasteiger partial charge is 0.407 e. The molecule has 3 amide bonds. The Morgan fingerprint density at radius 3 is 0.929 bits per heavy atom. The SMILES string of the molecule is CC(=O)N[C@@H](Cc1cc(F)cc(F)c1)[C@H](O)CNC1(c2cccc(C(C)C)c2)CCCCC1.CC(C)(C)OC(=O)N[C@@H](Cc1cc(F)cc(F)c1)[C@H]1CO1.CC(C)c1cccc(C2(N)CCCCC2)c1.CC(C)c1cccc(C2(NC[C@@H](O)[C@@H](N)Cc3cc(F)cc(F)c3)CCCCC2)c1.CC(C)c1cccc(C2(NC[C@@H](O)[C@H](Cc3cc(F)cc(F)c3)NC(=O)OC(C)(C)C)CCCCC2)c1.Cl.Cl.Cl.Cl. The van der Waals surface area contributed by atoms with Crippen molar-refractivity contribution < 1.29 is 79.0 Å². The summed E-state index contributed by atoms with van der Waals surface area (Å²) in [7, 11) is 0. The molecule has 1 saturated heterocycles. The number of rotatable bonds is 32. The highest BCUT2D eigenvalue weighted by Crippen LogP contribution is 2.43. The number of aliphatic hydroxyl groups is 3. The summed E-state index contributed by atoms with van der Waals surface area (Å²) in [4.78, 5) is 36.1. The van der Waals surface area contributed by atoms with Gasteiger partial charge in [0.15, 0.2) is 0 Å². The van der Waals surface area contributed by atoms with Crippen LogP contribution in [0.25, 0.3) is 0 Å². The van der Waals surface area contributed by atoms with E-state index in [2.05, 4.69) is 184 Å². The summed E-state index contributed by atoms with van der Waals surface area (Å²) < 4.78 is 124. The van der Waals surface area contributed by atoms with E-state index in [0.29, 0.717) is 59.1 Å². The van der Waals surface area contributed by atoms with Gasteiger partial charge in [-0.2, -0.15) is 0 Å². The zero-order valence-corrected chi connectivity index (χ0v) is 88.3. The standard InChI is InChI=1S/C30H42F2N2O3.C27H36F2N2O2.C25H34F2N2O.C15H19F2NO3.C15H23N.4ClH/c1-20(2)22-10-9-11-23(17-22)30(12-7-6-8-13-30)33-19-27(35)26(34-28(36)37-29(3,4)5)16-21-14-24(31)18-25(32)15-21;1-18(2)21-8-7-9-22(15-21)27(10-5-4-6-11-27)30-17-26(33)25(31-19(3)32)14-20-12-23(28)16-24(29)13-20;1-17(2)19-7-6-8-20(14-19)25(9-4-3-5-10-25)29-16-24(30)23(28)13-18-11-21(26)15-22(27)12-18;1-15(2,3)21-14(19)18-12(13-8-20-13)6-9-4-10(16)7-11(17)5-9;1-12(2)13-7-6-8-14(11-13)15(16)9-4-3-5-10-15;;;;/h9-11,14-15,17-18,20,26-27,33,35H,6-8,12-13,16,19H2,1-5H3,(H,34,36);7-9,12-13,15-16,18,25-26,30,33H,4-6,10-11,14,17H2,1-3H3,(H,31,32);6-8,11-12,14-15,17,23-24,29-30H,3-5,9-10,13,16,28H2,1-2H3;4-5,7,12-13H,6,8H2,1-3H3,(H,18,19);6-8,11-12H,3-5,9-10,16H2,1-2H3;4*1H/t26-,27+;25-,26+;23-,24+;12-,13+;;;;;/m0000...../s1. The minimum Gasteiger partial charge on any atom is -0.444 e. The van der Waals surface area contributed by atoms with Crippen LogP contribution in [0.5, 0.6) is 0 Å². The zero-order valence-electron chi connectivity index (χ0n) is 85.0. The van der Waals surface area contributed by atoms with Crippen molar-refractivity contribution in [1.82, 2.24) is 31.9 Å². The van der Waals surface area contributed by atoms with Gasteiger partial charge in [-0.05, 0) is 258 Å². The lowest BCUT2D eigenvalue weighted by atomic mass is 9.75. The molecule has 141 heavy (non-hydrogen) atoms. The molecule has 5 fully saturated rings. The molecule has 5 aliphatic rings. The fraction of sp³-hybridized carbons (Fsp3) is 0.545. The first-order valence-corrected chi connectivity index (χ1v) is 49.6. The predicted octanol–water partition coefficient (Wildman–Crippen LogP) is 24.5. The first-order valence-electron chi connectivity index (χ1n) is 49.6. The van der Waals surface area contributed by atoms with Crippen LogP contribution >= 0.6 is 49.6 Å². The molecule has 13 rings (SSSR count). The van der Waals surface area contributed by atoms with Crippen LogP contribution in [-0.4, -0.2) is 119 Å². The fourth-order valence-corrected chi connectivity index (χ4v) is 19.2. The Bertz CT molecular complexity index is 5060. The molecule has 8 atom stereocenters. The Morgan fingerprint density at radius 1 is 0.376 bits per heavy atom. The van der Waals surface area contributed by atoms with Crippen molar-refractivity contribution in [2.24, 2.45) is 11.5 Å². The highest BCUT2D eigenvalue weighted by atomic mass is 35.5. The topological polar surface area (TPSA) is 267 Å². The van der Waals surface area contributed by atoms with Gasteiger partial charge < -0.3 is 72.9 Å². The average molecular weight is 2050 g/mol. The van der Waals surface area contributed by atoms with Crippen LogP contribution in [0.4, 0.5) is 44.7 Å². The molecule has 0 spiro atoms. The number of carbonyl (C=O) groups excluding carboxylic acids is 3. The number of epoxide rings is 1. The molecule has 1 heterocycles. The Kier molecular flexibility index (Phi) is 50.6. The maximum absolute atomic E-state index is 13.9. The summed E-state index contributed by atoms with van der Waals surface area (Å²) in [5.41, 5.74) is 22.6. The van der Waals surface area contributed by atoms with E-state index in [1.54, 1.807) is 41.5 Å². The van der Waals surface area contributed by atoms with Crippen LogP contribution in [0.15, 0.2) is 170 Å². The molecule has 8 aromatic carbocycles. The van der Waals surface area contributed by atoms with Gasteiger partial charge >= 0.3 is 12.2 Å².